The molecule has 0 radical (unpaired) electrons. The van der Waals surface area contributed by atoms with E-state index in [1.807, 2.05) is 0 Å². The van der Waals surface area contributed by atoms with E-state index in [9.17, 15) is 5.11 Å². The Kier molecular flexibility index (Phi) is 6.66. The Labute approximate surface area is 74.2 Å². The van der Waals surface area contributed by atoms with Crippen LogP contribution in [0.1, 0.15) is 6.92 Å². The van der Waals surface area contributed by atoms with Crippen LogP contribution >= 0.6 is 0 Å². The summed E-state index contributed by atoms with van der Waals surface area (Å²) in [7, 11) is 0. The molecule has 0 saturated heterocycles. The Balaban J connectivity index is 3.68. The lowest BCUT2D eigenvalue weighted by Crippen LogP contribution is -2.49. The van der Waals surface area contributed by atoms with Gasteiger partial charge in [-0.3, -0.25) is 10.6 Å². The van der Waals surface area contributed by atoms with Crippen LogP contribution in [0, 0.1) is 0 Å². The summed E-state index contributed by atoms with van der Waals surface area (Å²) in [4.78, 5) is 0. The van der Waals surface area contributed by atoms with Crippen molar-refractivity contribution in [2.45, 2.75) is 19.2 Å². The van der Waals surface area contributed by atoms with Gasteiger partial charge in [0.1, 0.15) is 0 Å². The smallest absolute Gasteiger partial charge is 0.0841 e. The van der Waals surface area contributed by atoms with Crippen molar-refractivity contribution in [3.05, 3.63) is 25.3 Å². The molecule has 1 atom stereocenters. The fourth-order valence-electron chi connectivity index (χ4n) is 0.834. The first-order valence-electron chi connectivity index (χ1n) is 4.09. The standard InChI is InChI=1S/C9H18N2O/c1-4-6-10-9(8(3)12)11-7-5-2/h4-5,8-12H,1-2,6-7H2,3H3. The van der Waals surface area contributed by atoms with Gasteiger partial charge >= 0.3 is 0 Å². The van der Waals surface area contributed by atoms with E-state index in [4.69, 9.17) is 0 Å². The van der Waals surface area contributed by atoms with E-state index in [2.05, 4.69) is 23.8 Å². The summed E-state index contributed by atoms with van der Waals surface area (Å²) in [6, 6.07) is 0. The number of hydrogen-bond donors (Lipinski definition) is 3. The van der Waals surface area contributed by atoms with Gasteiger partial charge in [0.2, 0.25) is 0 Å². The first kappa shape index (κ1) is 11.4. The molecule has 70 valence electrons. The quantitative estimate of drug-likeness (QED) is 0.379. The molecule has 0 aromatic heterocycles. The Morgan fingerprint density at radius 2 is 1.67 bits per heavy atom. The summed E-state index contributed by atoms with van der Waals surface area (Å²) in [6.45, 7) is 10.3. The third kappa shape index (κ3) is 5.07. The van der Waals surface area contributed by atoms with Gasteiger partial charge in [-0.1, -0.05) is 12.2 Å². The Morgan fingerprint density at radius 1 is 1.25 bits per heavy atom. The average Bonchev–Trinajstić information content (AvgIpc) is 2.04. The van der Waals surface area contributed by atoms with E-state index >= 15 is 0 Å². The van der Waals surface area contributed by atoms with Crippen molar-refractivity contribution in [3.63, 3.8) is 0 Å². The normalized spacial score (nSPS) is 12.9. The van der Waals surface area contributed by atoms with Gasteiger partial charge in [0, 0.05) is 13.1 Å². The number of rotatable bonds is 7. The maximum Gasteiger partial charge on any atom is 0.0841 e. The Hall–Kier alpha value is -0.640. The molecular formula is C9H18N2O. The van der Waals surface area contributed by atoms with Crippen molar-refractivity contribution in [3.8, 4) is 0 Å². The zero-order valence-corrected chi connectivity index (χ0v) is 7.59. The van der Waals surface area contributed by atoms with E-state index in [0.717, 1.165) is 0 Å². The molecule has 3 nitrogen and oxygen atoms in total. The number of nitrogens with one attached hydrogen (secondary N) is 2. The molecule has 12 heavy (non-hydrogen) atoms. The van der Waals surface area contributed by atoms with Crippen LogP contribution in [0.15, 0.2) is 25.3 Å². The van der Waals surface area contributed by atoms with Crippen molar-refractivity contribution in [2.75, 3.05) is 13.1 Å². The molecule has 0 amide bonds. The molecule has 1 unspecified atom stereocenters. The topological polar surface area (TPSA) is 44.3 Å². The van der Waals surface area contributed by atoms with Crippen LogP contribution in [-0.4, -0.2) is 30.5 Å². The molecule has 0 spiro atoms. The number of hydrogen-bond acceptors (Lipinski definition) is 3. The molecular weight excluding hydrogens is 152 g/mol. The monoisotopic (exact) mass is 170 g/mol. The van der Waals surface area contributed by atoms with E-state index in [1.165, 1.54) is 0 Å². The second-order valence-electron chi connectivity index (χ2n) is 2.61. The lowest BCUT2D eigenvalue weighted by Gasteiger charge is -2.21. The average molecular weight is 170 g/mol. The van der Waals surface area contributed by atoms with Gasteiger partial charge in [-0.15, -0.1) is 13.2 Å². The molecule has 0 heterocycles. The summed E-state index contributed by atoms with van der Waals surface area (Å²) >= 11 is 0. The number of aliphatic hydroxyl groups is 1. The van der Waals surface area contributed by atoms with Gasteiger partial charge < -0.3 is 5.11 Å². The van der Waals surface area contributed by atoms with E-state index in [1.54, 1.807) is 19.1 Å². The Bertz CT molecular complexity index is 122. The third-order valence-electron chi connectivity index (χ3n) is 1.45. The van der Waals surface area contributed by atoms with Crippen molar-refractivity contribution in [1.82, 2.24) is 10.6 Å². The van der Waals surface area contributed by atoms with Gasteiger partial charge in [0.25, 0.3) is 0 Å². The predicted octanol–water partition coefficient (Wildman–Crippen LogP) is 0.244. The summed E-state index contributed by atoms with van der Waals surface area (Å²) in [5.41, 5.74) is 0. The molecule has 0 aromatic rings. The van der Waals surface area contributed by atoms with Crippen LogP contribution < -0.4 is 10.6 Å². The van der Waals surface area contributed by atoms with Crippen LogP contribution in [0.4, 0.5) is 0 Å². The zero-order chi connectivity index (χ0) is 9.40. The molecule has 0 saturated carbocycles. The molecule has 3 heteroatoms. The van der Waals surface area contributed by atoms with Crippen LogP contribution in [0.2, 0.25) is 0 Å². The minimum atomic E-state index is -0.426. The van der Waals surface area contributed by atoms with Crippen LogP contribution in [0.5, 0.6) is 0 Å². The minimum Gasteiger partial charge on any atom is -0.390 e. The summed E-state index contributed by atoms with van der Waals surface area (Å²) in [5.74, 6) is 0. The second-order valence-corrected chi connectivity index (χ2v) is 2.61. The summed E-state index contributed by atoms with van der Waals surface area (Å²) in [5, 5.41) is 15.4. The number of aliphatic hydroxyl groups excluding tert-OH is 1. The highest BCUT2D eigenvalue weighted by Crippen LogP contribution is 1.87. The van der Waals surface area contributed by atoms with Crippen LogP contribution in [0.25, 0.3) is 0 Å². The van der Waals surface area contributed by atoms with E-state index in [0.29, 0.717) is 13.1 Å². The van der Waals surface area contributed by atoms with Gasteiger partial charge in [0.05, 0.1) is 12.3 Å². The Morgan fingerprint density at radius 3 is 1.92 bits per heavy atom. The molecule has 3 N–H and O–H groups in total. The van der Waals surface area contributed by atoms with Crippen molar-refractivity contribution in [1.29, 1.82) is 0 Å². The maximum atomic E-state index is 9.27. The molecule has 0 rings (SSSR count). The van der Waals surface area contributed by atoms with Crippen molar-refractivity contribution < 1.29 is 5.11 Å². The molecule has 0 aliphatic carbocycles. The fraction of sp³-hybridized carbons (Fsp3) is 0.556. The molecule has 0 aromatic carbocycles. The highest BCUT2D eigenvalue weighted by atomic mass is 16.3. The minimum absolute atomic E-state index is 0.0963. The van der Waals surface area contributed by atoms with Crippen LogP contribution in [-0.2, 0) is 0 Å². The summed E-state index contributed by atoms with van der Waals surface area (Å²) in [6.07, 6.45) is 2.99. The van der Waals surface area contributed by atoms with Gasteiger partial charge in [-0.25, -0.2) is 0 Å². The first-order valence-corrected chi connectivity index (χ1v) is 4.09. The third-order valence-corrected chi connectivity index (χ3v) is 1.45. The lowest BCUT2D eigenvalue weighted by atomic mass is 10.3. The van der Waals surface area contributed by atoms with Crippen molar-refractivity contribution >= 4 is 0 Å². The lowest BCUT2D eigenvalue weighted by molar-refractivity contribution is 0.131. The summed E-state index contributed by atoms with van der Waals surface area (Å²) < 4.78 is 0. The second kappa shape index (κ2) is 7.03. The van der Waals surface area contributed by atoms with Gasteiger partial charge in [-0.05, 0) is 6.92 Å². The predicted molar refractivity (Wildman–Crippen MR) is 51.9 cm³/mol. The molecule has 0 aliphatic rings. The van der Waals surface area contributed by atoms with Gasteiger partial charge in [-0.2, -0.15) is 0 Å². The SMILES string of the molecule is C=CCNC(NCC=C)C(C)O. The van der Waals surface area contributed by atoms with E-state index in [-0.39, 0.29) is 6.17 Å². The molecule has 0 aliphatic heterocycles. The highest BCUT2D eigenvalue weighted by molar-refractivity contribution is 4.80. The molecule has 0 bridgehead atoms. The van der Waals surface area contributed by atoms with Gasteiger partial charge in [0.15, 0.2) is 0 Å². The zero-order valence-electron chi connectivity index (χ0n) is 7.59. The van der Waals surface area contributed by atoms with E-state index < -0.39 is 6.10 Å². The largest absolute Gasteiger partial charge is 0.390 e. The highest BCUT2D eigenvalue weighted by Gasteiger charge is 2.10. The molecule has 0 fully saturated rings. The first-order chi connectivity index (χ1) is 5.72. The maximum absolute atomic E-state index is 9.27. The van der Waals surface area contributed by atoms with Crippen LogP contribution in [0.3, 0.4) is 0 Å². The fourth-order valence-corrected chi connectivity index (χ4v) is 0.834. The van der Waals surface area contributed by atoms with Crippen molar-refractivity contribution in [2.24, 2.45) is 0 Å².